The lowest BCUT2D eigenvalue weighted by Gasteiger charge is -2.28. The first-order chi connectivity index (χ1) is 19.9. The molecule has 0 aliphatic carbocycles. The van der Waals surface area contributed by atoms with Gasteiger partial charge < -0.3 is 24.3 Å². The summed E-state index contributed by atoms with van der Waals surface area (Å²) in [4.78, 5) is 6.87. The molecular formula is C33H29ClN4O2S. The van der Waals surface area contributed by atoms with Crippen molar-refractivity contribution >= 4 is 34.6 Å². The Morgan fingerprint density at radius 1 is 0.878 bits per heavy atom. The summed E-state index contributed by atoms with van der Waals surface area (Å²) in [5.41, 5.74) is 6.00. The molecule has 1 fully saturated rings. The third-order valence-corrected chi connectivity index (χ3v) is 7.91. The van der Waals surface area contributed by atoms with Crippen LogP contribution in [0.3, 0.4) is 0 Å². The molecule has 206 valence electrons. The first-order valence-corrected chi connectivity index (χ1v) is 14.1. The molecule has 2 atom stereocenters. The molecule has 0 radical (unpaired) electrons. The Labute approximate surface area is 250 Å². The van der Waals surface area contributed by atoms with Gasteiger partial charge >= 0.3 is 0 Å². The first kappa shape index (κ1) is 26.9. The fourth-order valence-corrected chi connectivity index (χ4v) is 6.06. The Kier molecular flexibility index (Phi) is 7.39. The second kappa shape index (κ2) is 11.3. The molecule has 0 unspecified atom stereocenters. The van der Waals surface area contributed by atoms with Crippen molar-refractivity contribution in [1.82, 2.24) is 14.9 Å². The van der Waals surface area contributed by atoms with Gasteiger partial charge in [-0.1, -0.05) is 35.9 Å². The smallest absolute Gasteiger partial charge is 0.174 e. The van der Waals surface area contributed by atoms with Crippen molar-refractivity contribution in [2.45, 2.75) is 25.9 Å². The number of aromatic nitrogens is 2. The Morgan fingerprint density at radius 2 is 1.61 bits per heavy atom. The van der Waals surface area contributed by atoms with Crippen LogP contribution in [-0.2, 0) is 0 Å². The molecule has 1 N–H and O–H groups in total. The highest BCUT2D eigenvalue weighted by atomic mass is 35.5. The van der Waals surface area contributed by atoms with Crippen LogP contribution in [0.5, 0.6) is 17.2 Å². The van der Waals surface area contributed by atoms with Crippen molar-refractivity contribution in [3.63, 3.8) is 0 Å². The van der Waals surface area contributed by atoms with E-state index in [1.165, 1.54) is 0 Å². The molecule has 0 saturated carbocycles. The molecule has 0 bridgehead atoms. The molecule has 3 heterocycles. The third kappa shape index (κ3) is 5.14. The Balaban J connectivity index is 1.44. The van der Waals surface area contributed by atoms with Crippen LogP contribution in [0.15, 0.2) is 103 Å². The lowest BCUT2D eigenvalue weighted by molar-refractivity contribution is 0.412. The number of thiocarbonyl (C=S) groups is 1. The number of ether oxygens (including phenoxy) is 2. The van der Waals surface area contributed by atoms with Gasteiger partial charge in [-0.3, -0.25) is 4.98 Å². The Hall–Kier alpha value is -4.33. The van der Waals surface area contributed by atoms with Gasteiger partial charge in [0, 0.05) is 28.3 Å². The fraction of sp³-hybridized carbons (Fsp3) is 0.152. The molecule has 6 rings (SSSR count). The van der Waals surface area contributed by atoms with Crippen LogP contribution in [0, 0.1) is 13.8 Å². The van der Waals surface area contributed by atoms with Gasteiger partial charge in [0.05, 0.1) is 30.6 Å². The van der Waals surface area contributed by atoms with E-state index in [0.717, 1.165) is 51.3 Å². The average molecular weight is 581 g/mol. The maximum Gasteiger partial charge on any atom is 0.174 e. The van der Waals surface area contributed by atoms with E-state index in [1.54, 1.807) is 7.11 Å². The molecule has 5 aromatic rings. The second-order valence-corrected chi connectivity index (χ2v) is 10.7. The maximum atomic E-state index is 6.43. The number of hydrogen-bond acceptors (Lipinski definition) is 4. The zero-order chi connectivity index (χ0) is 28.5. The van der Waals surface area contributed by atoms with E-state index in [-0.39, 0.29) is 12.1 Å². The first-order valence-electron chi connectivity index (χ1n) is 13.3. The van der Waals surface area contributed by atoms with Crippen molar-refractivity contribution in [3.05, 3.63) is 131 Å². The zero-order valence-electron chi connectivity index (χ0n) is 22.9. The molecule has 6 nitrogen and oxygen atoms in total. The van der Waals surface area contributed by atoms with Crippen LogP contribution in [0.1, 0.15) is 34.7 Å². The molecule has 41 heavy (non-hydrogen) atoms. The highest BCUT2D eigenvalue weighted by molar-refractivity contribution is 7.80. The maximum absolute atomic E-state index is 6.43. The van der Waals surface area contributed by atoms with Crippen molar-refractivity contribution < 1.29 is 9.47 Å². The van der Waals surface area contributed by atoms with E-state index in [2.05, 4.69) is 34.7 Å². The molecule has 2 aromatic heterocycles. The summed E-state index contributed by atoms with van der Waals surface area (Å²) in [5.74, 6) is 2.28. The van der Waals surface area contributed by atoms with Gasteiger partial charge in [-0.2, -0.15) is 0 Å². The summed E-state index contributed by atoms with van der Waals surface area (Å²) in [6.07, 6.45) is 1.82. The molecule has 0 amide bonds. The van der Waals surface area contributed by atoms with Gasteiger partial charge in [0.15, 0.2) is 5.11 Å². The number of anilines is 1. The number of para-hydroxylation sites is 1. The molecule has 0 spiro atoms. The molecule has 1 saturated heterocycles. The van der Waals surface area contributed by atoms with Crippen LogP contribution in [0.2, 0.25) is 5.02 Å². The predicted molar refractivity (Wildman–Crippen MR) is 168 cm³/mol. The van der Waals surface area contributed by atoms with E-state index < -0.39 is 0 Å². The standard InChI is InChI=1S/C33H29ClN4O2S/c1-21-19-27(22(2)37(21)29-20-23(34)12-17-30(29)39-3)32-31(28-11-7-8-18-35-28)36-33(41)38(32)24-13-15-26(16-14-24)40-25-9-5-4-6-10-25/h4-20,31-32H,1-3H3,(H,36,41)/t31-,32+/m0/s1. The van der Waals surface area contributed by atoms with Crippen LogP contribution >= 0.6 is 23.8 Å². The number of benzene rings is 3. The normalized spacial score (nSPS) is 16.5. The lowest BCUT2D eigenvalue weighted by atomic mass is 9.96. The SMILES string of the molecule is COc1ccc(Cl)cc1-n1c(C)cc([C@@H]2[C@H](c3ccccn3)NC(=S)N2c2ccc(Oc3ccccc3)cc2)c1C. The Morgan fingerprint density at radius 3 is 2.32 bits per heavy atom. The fourth-order valence-electron chi connectivity index (χ4n) is 5.54. The van der Waals surface area contributed by atoms with Gasteiger partial charge in [-0.15, -0.1) is 0 Å². The molecule has 8 heteroatoms. The van der Waals surface area contributed by atoms with E-state index in [4.69, 9.17) is 38.3 Å². The van der Waals surface area contributed by atoms with E-state index in [0.29, 0.717) is 10.1 Å². The van der Waals surface area contributed by atoms with Gasteiger partial charge in [-0.25, -0.2) is 0 Å². The largest absolute Gasteiger partial charge is 0.495 e. The van der Waals surface area contributed by atoms with Crippen LogP contribution in [-0.4, -0.2) is 21.8 Å². The summed E-state index contributed by atoms with van der Waals surface area (Å²) >= 11 is 12.4. The second-order valence-electron chi connectivity index (χ2n) is 9.88. The molecule has 1 aliphatic rings. The average Bonchev–Trinajstić information content (AvgIpc) is 3.49. The molecular weight excluding hydrogens is 552 g/mol. The topological polar surface area (TPSA) is 51.5 Å². The summed E-state index contributed by atoms with van der Waals surface area (Å²) in [7, 11) is 1.67. The van der Waals surface area contributed by atoms with E-state index in [1.807, 2.05) is 97.2 Å². The summed E-state index contributed by atoms with van der Waals surface area (Å²) < 4.78 is 13.9. The molecule has 1 aliphatic heterocycles. The van der Waals surface area contributed by atoms with Crippen molar-refractivity contribution in [3.8, 4) is 22.9 Å². The number of rotatable bonds is 7. The number of halogens is 1. The van der Waals surface area contributed by atoms with Crippen LogP contribution in [0.25, 0.3) is 5.69 Å². The minimum absolute atomic E-state index is 0.163. The highest BCUT2D eigenvalue weighted by Gasteiger charge is 2.42. The monoisotopic (exact) mass is 580 g/mol. The number of nitrogens with zero attached hydrogens (tertiary/aromatic N) is 3. The predicted octanol–water partition coefficient (Wildman–Crippen LogP) is 8.12. The minimum atomic E-state index is -0.167. The van der Waals surface area contributed by atoms with Crippen molar-refractivity contribution in [1.29, 1.82) is 0 Å². The Bertz CT molecular complexity index is 1690. The van der Waals surface area contributed by atoms with Gasteiger partial charge in [-0.05, 0) is 104 Å². The number of nitrogens with one attached hydrogen (secondary N) is 1. The minimum Gasteiger partial charge on any atom is -0.495 e. The van der Waals surface area contributed by atoms with Crippen molar-refractivity contribution in [2.24, 2.45) is 0 Å². The van der Waals surface area contributed by atoms with E-state index in [9.17, 15) is 0 Å². The third-order valence-electron chi connectivity index (χ3n) is 7.36. The number of pyridine rings is 1. The number of methoxy groups -OCH3 is 1. The quantitative estimate of drug-likeness (QED) is 0.196. The van der Waals surface area contributed by atoms with Crippen molar-refractivity contribution in [2.75, 3.05) is 12.0 Å². The van der Waals surface area contributed by atoms with Gasteiger partial charge in [0.25, 0.3) is 0 Å². The summed E-state index contributed by atoms with van der Waals surface area (Å²) in [6.45, 7) is 4.21. The van der Waals surface area contributed by atoms with Gasteiger partial charge in [0.2, 0.25) is 0 Å². The number of hydrogen-bond donors (Lipinski definition) is 1. The summed E-state index contributed by atoms with van der Waals surface area (Å²) in [5, 5.41) is 4.83. The number of aryl methyl sites for hydroxylation is 1. The van der Waals surface area contributed by atoms with Crippen LogP contribution < -0.4 is 19.7 Å². The van der Waals surface area contributed by atoms with Crippen LogP contribution in [0.4, 0.5) is 5.69 Å². The highest BCUT2D eigenvalue weighted by Crippen LogP contribution is 2.44. The molecule has 3 aromatic carbocycles. The zero-order valence-corrected chi connectivity index (χ0v) is 24.5. The van der Waals surface area contributed by atoms with Gasteiger partial charge in [0.1, 0.15) is 17.2 Å². The lowest BCUT2D eigenvalue weighted by Crippen LogP contribution is -2.29. The summed E-state index contributed by atoms with van der Waals surface area (Å²) in [6, 6.07) is 31.3. The van der Waals surface area contributed by atoms with E-state index >= 15 is 0 Å².